The van der Waals surface area contributed by atoms with E-state index in [4.69, 9.17) is 9.94 Å². The van der Waals surface area contributed by atoms with Crippen LogP contribution in [-0.4, -0.2) is 11.1 Å². The SMILES string of the molecule is Cc1ccc(Oc2ccccc2/C=C/C(=O)NO)cc1. The Labute approximate surface area is 117 Å². The summed E-state index contributed by atoms with van der Waals surface area (Å²) in [7, 11) is 0. The minimum Gasteiger partial charge on any atom is -0.457 e. The topological polar surface area (TPSA) is 58.6 Å². The van der Waals surface area contributed by atoms with Crippen LogP contribution < -0.4 is 10.2 Å². The number of carbonyl (C=O) groups excluding carboxylic acids is 1. The molecule has 0 saturated heterocycles. The first-order valence-electron chi connectivity index (χ1n) is 6.15. The van der Waals surface area contributed by atoms with Crippen LogP contribution in [0.15, 0.2) is 54.6 Å². The number of ether oxygens (including phenoxy) is 1. The summed E-state index contributed by atoms with van der Waals surface area (Å²) in [6.45, 7) is 2.01. The lowest BCUT2D eigenvalue weighted by Gasteiger charge is -2.08. The predicted molar refractivity (Wildman–Crippen MR) is 76.7 cm³/mol. The highest BCUT2D eigenvalue weighted by molar-refractivity contribution is 5.91. The van der Waals surface area contributed by atoms with Crippen LogP contribution in [0.3, 0.4) is 0 Å². The van der Waals surface area contributed by atoms with Gasteiger partial charge in [-0.1, -0.05) is 35.9 Å². The average Bonchev–Trinajstić information content (AvgIpc) is 2.48. The number of carbonyl (C=O) groups is 1. The number of rotatable bonds is 4. The van der Waals surface area contributed by atoms with Crippen molar-refractivity contribution >= 4 is 12.0 Å². The van der Waals surface area contributed by atoms with E-state index in [1.165, 1.54) is 6.08 Å². The molecule has 0 heterocycles. The molecular weight excluding hydrogens is 254 g/mol. The van der Waals surface area contributed by atoms with Gasteiger partial charge in [-0.25, -0.2) is 5.48 Å². The molecule has 0 saturated carbocycles. The Balaban J connectivity index is 2.21. The zero-order chi connectivity index (χ0) is 14.4. The Morgan fingerprint density at radius 1 is 1.15 bits per heavy atom. The number of aryl methyl sites for hydroxylation is 1. The van der Waals surface area contributed by atoms with Crippen molar-refractivity contribution in [2.24, 2.45) is 0 Å². The molecule has 0 radical (unpaired) electrons. The number of hydroxylamine groups is 1. The zero-order valence-corrected chi connectivity index (χ0v) is 11.0. The molecule has 20 heavy (non-hydrogen) atoms. The fourth-order valence-electron chi connectivity index (χ4n) is 1.65. The van der Waals surface area contributed by atoms with Crippen LogP contribution >= 0.6 is 0 Å². The molecule has 4 heteroatoms. The van der Waals surface area contributed by atoms with Crippen LogP contribution in [0.25, 0.3) is 6.08 Å². The van der Waals surface area contributed by atoms with Gasteiger partial charge in [-0.05, 0) is 31.2 Å². The summed E-state index contributed by atoms with van der Waals surface area (Å²) in [5.41, 5.74) is 3.45. The fourth-order valence-corrected chi connectivity index (χ4v) is 1.65. The summed E-state index contributed by atoms with van der Waals surface area (Å²) in [5.74, 6) is 0.775. The van der Waals surface area contributed by atoms with E-state index in [2.05, 4.69) is 0 Å². The van der Waals surface area contributed by atoms with Crippen molar-refractivity contribution in [3.05, 3.63) is 65.7 Å². The Hall–Kier alpha value is -2.59. The number of hydrogen-bond acceptors (Lipinski definition) is 3. The third-order valence-electron chi connectivity index (χ3n) is 2.69. The summed E-state index contributed by atoms with van der Waals surface area (Å²) in [6, 6.07) is 15.0. The number of hydrogen-bond donors (Lipinski definition) is 2. The highest BCUT2D eigenvalue weighted by Crippen LogP contribution is 2.26. The van der Waals surface area contributed by atoms with Crippen molar-refractivity contribution in [1.82, 2.24) is 5.48 Å². The van der Waals surface area contributed by atoms with E-state index in [1.54, 1.807) is 11.6 Å². The molecule has 0 bridgehead atoms. The van der Waals surface area contributed by atoms with Gasteiger partial charge in [-0.2, -0.15) is 0 Å². The van der Waals surface area contributed by atoms with E-state index in [9.17, 15) is 4.79 Å². The molecule has 2 aromatic rings. The Kier molecular flexibility index (Phi) is 4.52. The van der Waals surface area contributed by atoms with Gasteiger partial charge in [0.25, 0.3) is 5.91 Å². The van der Waals surface area contributed by atoms with Crippen molar-refractivity contribution in [1.29, 1.82) is 0 Å². The highest BCUT2D eigenvalue weighted by atomic mass is 16.5. The first-order chi connectivity index (χ1) is 9.69. The largest absolute Gasteiger partial charge is 0.457 e. The highest BCUT2D eigenvalue weighted by Gasteiger charge is 2.02. The summed E-state index contributed by atoms with van der Waals surface area (Å²) >= 11 is 0. The van der Waals surface area contributed by atoms with Gasteiger partial charge in [0.05, 0.1) is 0 Å². The van der Waals surface area contributed by atoms with Gasteiger partial charge in [0, 0.05) is 11.6 Å². The van der Waals surface area contributed by atoms with Crippen molar-refractivity contribution < 1.29 is 14.7 Å². The van der Waals surface area contributed by atoms with Crippen LogP contribution in [0.1, 0.15) is 11.1 Å². The minimum absolute atomic E-state index is 0.588. The summed E-state index contributed by atoms with van der Waals surface area (Å²) in [5, 5.41) is 8.46. The zero-order valence-electron chi connectivity index (χ0n) is 11.0. The Bertz CT molecular complexity index is 618. The molecule has 0 atom stereocenters. The van der Waals surface area contributed by atoms with Crippen LogP contribution in [0.4, 0.5) is 0 Å². The maximum atomic E-state index is 11.0. The molecule has 1 amide bonds. The van der Waals surface area contributed by atoms with Gasteiger partial charge in [0.2, 0.25) is 0 Å². The first kappa shape index (κ1) is 13.8. The molecular formula is C16H15NO3. The number of nitrogens with one attached hydrogen (secondary N) is 1. The number of amides is 1. The van der Waals surface area contributed by atoms with Gasteiger partial charge in [-0.15, -0.1) is 0 Å². The third-order valence-corrected chi connectivity index (χ3v) is 2.69. The van der Waals surface area contributed by atoms with Crippen molar-refractivity contribution in [3.8, 4) is 11.5 Å². The molecule has 0 aromatic heterocycles. The van der Waals surface area contributed by atoms with Gasteiger partial charge >= 0.3 is 0 Å². The minimum atomic E-state index is -0.588. The second kappa shape index (κ2) is 6.54. The lowest BCUT2D eigenvalue weighted by atomic mass is 10.2. The lowest BCUT2D eigenvalue weighted by molar-refractivity contribution is -0.124. The molecule has 102 valence electrons. The van der Waals surface area contributed by atoms with E-state index in [-0.39, 0.29) is 0 Å². The van der Waals surface area contributed by atoms with Crippen molar-refractivity contribution in [2.45, 2.75) is 6.92 Å². The van der Waals surface area contributed by atoms with E-state index in [1.807, 2.05) is 55.5 Å². The predicted octanol–water partition coefficient (Wildman–Crippen LogP) is 3.31. The maximum Gasteiger partial charge on any atom is 0.267 e. The molecule has 0 aliphatic rings. The first-order valence-corrected chi connectivity index (χ1v) is 6.15. The molecule has 2 aromatic carbocycles. The quantitative estimate of drug-likeness (QED) is 0.508. The Morgan fingerprint density at radius 3 is 2.55 bits per heavy atom. The van der Waals surface area contributed by atoms with Crippen molar-refractivity contribution in [2.75, 3.05) is 0 Å². The van der Waals surface area contributed by atoms with E-state index in [0.717, 1.165) is 16.9 Å². The van der Waals surface area contributed by atoms with Crippen LogP contribution in [0, 0.1) is 6.92 Å². The molecule has 0 aliphatic heterocycles. The normalized spacial score (nSPS) is 10.5. The van der Waals surface area contributed by atoms with E-state index >= 15 is 0 Å². The van der Waals surface area contributed by atoms with Gasteiger partial charge in [0.15, 0.2) is 0 Å². The molecule has 0 spiro atoms. The smallest absolute Gasteiger partial charge is 0.267 e. The van der Waals surface area contributed by atoms with Crippen molar-refractivity contribution in [3.63, 3.8) is 0 Å². The Morgan fingerprint density at radius 2 is 1.85 bits per heavy atom. The number of benzene rings is 2. The molecule has 2 N–H and O–H groups in total. The number of para-hydroxylation sites is 1. The summed E-state index contributed by atoms with van der Waals surface area (Å²) in [6.07, 6.45) is 2.81. The second-order valence-electron chi connectivity index (χ2n) is 4.26. The standard InChI is InChI=1S/C16H15NO3/c1-12-6-9-14(10-7-12)20-15-5-3-2-4-13(15)8-11-16(18)17-19/h2-11,19H,1H3,(H,17,18)/b11-8+. The van der Waals surface area contributed by atoms with Crippen LogP contribution in [0.2, 0.25) is 0 Å². The van der Waals surface area contributed by atoms with Crippen LogP contribution in [-0.2, 0) is 4.79 Å². The van der Waals surface area contributed by atoms with Crippen LogP contribution in [0.5, 0.6) is 11.5 Å². The van der Waals surface area contributed by atoms with Gasteiger partial charge in [-0.3, -0.25) is 10.0 Å². The van der Waals surface area contributed by atoms with Gasteiger partial charge < -0.3 is 4.74 Å². The molecule has 0 unspecified atom stereocenters. The van der Waals surface area contributed by atoms with E-state index < -0.39 is 5.91 Å². The molecule has 4 nitrogen and oxygen atoms in total. The average molecular weight is 269 g/mol. The summed E-state index contributed by atoms with van der Waals surface area (Å²) in [4.78, 5) is 11.0. The molecule has 2 rings (SSSR count). The molecule has 0 fully saturated rings. The van der Waals surface area contributed by atoms with E-state index in [0.29, 0.717) is 5.75 Å². The summed E-state index contributed by atoms with van der Waals surface area (Å²) < 4.78 is 5.78. The molecule has 0 aliphatic carbocycles. The second-order valence-corrected chi connectivity index (χ2v) is 4.26. The lowest BCUT2D eigenvalue weighted by Crippen LogP contribution is -2.14. The van der Waals surface area contributed by atoms with Gasteiger partial charge in [0.1, 0.15) is 11.5 Å². The maximum absolute atomic E-state index is 11.0. The third kappa shape index (κ3) is 3.70. The fraction of sp³-hybridized carbons (Fsp3) is 0.0625. The monoisotopic (exact) mass is 269 g/mol.